The van der Waals surface area contributed by atoms with Crippen LogP contribution in [0.4, 0.5) is 0 Å². The van der Waals surface area contributed by atoms with Gasteiger partial charge in [-0.25, -0.2) is 4.79 Å². The van der Waals surface area contributed by atoms with Gasteiger partial charge in [0.1, 0.15) is 0 Å². The summed E-state index contributed by atoms with van der Waals surface area (Å²) in [6.45, 7) is 0. The average Bonchev–Trinajstić information content (AvgIpc) is 2.91. The molecule has 2 aliphatic carbocycles. The molecule has 0 saturated carbocycles. The lowest BCUT2D eigenvalue weighted by Gasteiger charge is -2.10. The molecule has 0 bridgehead atoms. The third kappa shape index (κ3) is 1.42. The van der Waals surface area contributed by atoms with Gasteiger partial charge in [0.25, 0.3) is 0 Å². The van der Waals surface area contributed by atoms with E-state index < -0.39 is 5.97 Å². The van der Waals surface area contributed by atoms with Crippen molar-refractivity contribution in [3.63, 3.8) is 0 Å². The SMILES string of the molecule is O=C(O)C1=c2ccc3c4c(ccc3c2C=C1)=CC=CC4. The molecule has 2 aromatic rings. The maximum Gasteiger partial charge on any atom is 0.336 e. The molecule has 0 fully saturated rings. The van der Waals surface area contributed by atoms with Crippen LogP contribution in [0.1, 0.15) is 11.1 Å². The highest BCUT2D eigenvalue weighted by molar-refractivity contribution is 6.17. The molecule has 0 spiro atoms. The van der Waals surface area contributed by atoms with E-state index >= 15 is 0 Å². The Morgan fingerprint density at radius 1 is 1.05 bits per heavy atom. The largest absolute Gasteiger partial charge is 0.478 e. The fourth-order valence-electron chi connectivity index (χ4n) is 3.11. The molecule has 2 nitrogen and oxygen atoms in total. The number of allylic oxidation sites excluding steroid dienone is 2. The normalized spacial score (nSPS) is 15.1. The van der Waals surface area contributed by atoms with E-state index in [0.717, 1.165) is 22.6 Å². The van der Waals surface area contributed by atoms with E-state index in [1.165, 1.54) is 16.2 Å². The monoisotopic (exact) mass is 260 g/mol. The van der Waals surface area contributed by atoms with Crippen LogP contribution < -0.4 is 10.4 Å². The van der Waals surface area contributed by atoms with Crippen LogP contribution in [0, 0.1) is 0 Å². The van der Waals surface area contributed by atoms with Crippen molar-refractivity contribution >= 4 is 34.5 Å². The molecule has 0 saturated heterocycles. The zero-order valence-electron chi connectivity index (χ0n) is 10.8. The average molecular weight is 260 g/mol. The number of benzene rings is 2. The third-order valence-corrected chi connectivity index (χ3v) is 4.06. The Morgan fingerprint density at radius 3 is 2.75 bits per heavy atom. The number of hydrogen-bond acceptors (Lipinski definition) is 1. The van der Waals surface area contributed by atoms with Gasteiger partial charge in [0, 0.05) is 0 Å². The number of rotatable bonds is 1. The summed E-state index contributed by atoms with van der Waals surface area (Å²) in [5.41, 5.74) is 2.73. The minimum absolute atomic E-state index is 0.381. The molecule has 0 radical (unpaired) electrons. The van der Waals surface area contributed by atoms with Gasteiger partial charge in [-0.2, -0.15) is 0 Å². The molecule has 96 valence electrons. The first-order valence-corrected chi connectivity index (χ1v) is 6.63. The maximum atomic E-state index is 11.2. The molecule has 0 heterocycles. The Kier molecular flexibility index (Phi) is 2.21. The van der Waals surface area contributed by atoms with Crippen molar-refractivity contribution < 1.29 is 9.90 Å². The topological polar surface area (TPSA) is 37.3 Å². The number of carbonyl (C=O) groups is 1. The predicted octanol–water partition coefficient (Wildman–Crippen LogP) is 1.99. The fourth-order valence-corrected chi connectivity index (χ4v) is 3.11. The standard InChI is InChI=1S/C18H12O2/c19-18(20)17-10-9-15-14-6-5-11-3-1-2-4-12(11)13(14)7-8-16(15)17/h1-3,5-10H,4H2,(H,19,20). The minimum atomic E-state index is -0.867. The van der Waals surface area contributed by atoms with Crippen LogP contribution >= 0.6 is 0 Å². The van der Waals surface area contributed by atoms with Crippen molar-refractivity contribution in [2.24, 2.45) is 0 Å². The van der Waals surface area contributed by atoms with Crippen LogP contribution in [-0.4, -0.2) is 11.1 Å². The lowest BCUT2D eigenvalue weighted by atomic mass is 9.94. The van der Waals surface area contributed by atoms with Crippen LogP contribution in [0.3, 0.4) is 0 Å². The summed E-state index contributed by atoms with van der Waals surface area (Å²) in [6, 6.07) is 8.20. The van der Waals surface area contributed by atoms with Gasteiger partial charge in [-0.3, -0.25) is 0 Å². The molecule has 0 atom stereocenters. The molecular weight excluding hydrogens is 248 g/mol. The highest BCUT2D eigenvalue weighted by atomic mass is 16.4. The first-order chi connectivity index (χ1) is 9.75. The van der Waals surface area contributed by atoms with Crippen molar-refractivity contribution in [2.75, 3.05) is 0 Å². The second kappa shape index (κ2) is 3.94. The molecule has 2 heteroatoms. The molecule has 0 aliphatic heterocycles. The van der Waals surface area contributed by atoms with Gasteiger partial charge in [0.05, 0.1) is 5.57 Å². The van der Waals surface area contributed by atoms with Crippen molar-refractivity contribution in [1.29, 1.82) is 0 Å². The molecule has 2 aromatic carbocycles. The summed E-state index contributed by atoms with van der Waals surface area (Å²) in [5.74, 6) is -0.867. The zero-order chi connectivity index (χ0) is 13.7. The summed E-state index contributed by atoms with van der Waals surface area (Å²) in [5, 5.41) is 13.7. The molecule has 0 aromatic heterocycles. The Morgan fingerprint density at radius 2 is 1.90 bits per heavy atom. The van der Waals surface area contributed by atoms with E-state index in [2.05, 4.69) is 36.4 Å². The highest BCUT2D eigenvalue weighted by Gasteiger charge is 2.15. The van der Waals surface area contributed by atoms with Crippen molar-refractivity contribution in [3.8, 4) is 0 Å². The Bertz CT molecular complexity index is 944. The van der Waals surface area contributed by atoms with E-state index in [-0.39, 0.29) is 0 Å². The number of carboxylic acid groups (broad SMARTS) is 1. The van der Waals surface area contributed by atoms with Crippen LogP contribution in [0.15, 0.2) is 42.5 Å². The van der Waals surface area contributed by atoms with Crippen LogP contribution in [-0.2, 0) is 11.2 Å². The Balaban J connectivity index is 2.15. The second-order valence-corrected chi connectivity index (χ2v) is 5.11. The highest BCUT2D eigenvalue weighted by Crippen LogP contribution is 2.24. The van der Waals surface area contributed by atoms with Gasteiger partial charge in [0.15, 0.2) is 0 Å². The second-order valence-electron chi connectivity index (χ2n) is 5.11. The van der Waals surface area contributed by atoms with Gasteiger partial charge in [-0.05, 0) is 44.8 Å². The number of carboxylic acids is 1. The van der Waals surface area contributed by atoms with Crippen LogP contribution in [0.2, 0.25) is 0 Å². The van der Waals surface area contributed by atoms with E-state index in [1.807, 2.05) is 12.1 Å². The Hall–Kier alpha value is -2.61. The number of aliphatic carboxylic acids is 1. The lowest BCUT2D eigenvalue weighted by molar-refractivity contribution is -0.130. The summed E-state index contributed by atoms with van der Waals surface area (Å²) in [7, 11) is 0. The molecule has 1 N–H and O–H groups in total. The van der Waals surface area contributed by atoms with Crippen LogP contribution in [0.25, 0.3) is 28.5 Å². The number of hydrogen-bond donors (Lipinski definition) is 1. The maximum absolute atomic E-state index is 11.2. The van der Waals surface area contributed by atoms with Crippen molar-refractivity contribution in [1.82, 2.24) is 0 Å². The molecular formula is C18H12O2. The van der Waals surface area contributed by atoms with E-state index in [0.29, 0.717) is 5.57 Å². The minimum Gasteiger partial charge on any atom is -0.478 e. The van der Waals surface area contributed by atoms with Crippen molar-refractivity contribution in [3.05, 3.63) is 64.1 Å². The first kappa shape index (κ1) is 11.2. The molecule has 0 unspecified atom stereocenters. The molecule has 20 heavy (non-hydrogen) atoms. The number of fused-ring (bicyclic) bond motifs is 5. The third-order valence-electron chi connectivity index (χ3n) is 4.06. The summed E-state index contributed by atoms with van der Waals surface area (Å²) >= 11 is 0. The van der Waals surface area contributed by atoms with Gasteiger partial charge in [-0.15, -0.1) is 0 Å². The van der Waals surface area contributed by atoms with Crippen molar-refractivity contribution in [2.45, 2.75) is 6.42 Å². The predicted molar refractivity (Wildman–Crippen MR) is 80.6 cm³/mol. The van der Waals surface area contributed by atoms with E-state index in [1.54, 1.807) is 6.08 Å². The summed E-state index contributed by atoms with van der Waals surface area (Å²) in [4.78, 5) is 11.2. The summed E-state index contributed by atoms with van der Waals surface area (Å²) in [6.07, 6.45) is 10.9. The van der Waals surface area contributed by atoms with Gasteiger partial charge in [0.2, 0.25) is 0 Å². The van der Waals surface area contributed by atoms with Gasteiger partial charge < -0.3 is 5.11 Å². The fraction of sp³-hybridized carbons (Fsp3) is 0.0556. The lowest BCUT2D eigenvalue weighted by Crippen LogP contribution is -2.15. The summed E-state index contributed by atoms with van der Waals surface area (Å²) < 4.78 is 0. The van der Waals surface area contributed by atoms with Gasteiger partial charge >= 0.3 is 5.97 Å². The molecule has 4 rings (SSSR count). The molecule has 2 aliphatic rings. The van der Waals surface area contributed by atoms with Crippen LogP contribution in [0.5, 0.6) is 0 Å². The quantitative estimate of drug-likeness (QED) is 0.851. The smallest absolute Gasteiger partial charge is 0.336 e. The van der Waals surface area contributed by atoms with E-state index in [9.17, 15) is 9.90 Å². The van der Waals surface area contributed by atoms with E-state index in [4.69, 9.17) is 0 Å². The molecule has 0 amide bonds. The zero-order valence-corrected chi connectivity index (χ0v) is 10.8. The first-order valence-electron chi connectivity index (χ1n) is 6.63. The van der Waals surface area contributed by atoms with Gasteiger partial charge in [-0.1, -0.05) is 48.6 Å². The Labute approximate surface area is 115 Å².